The van der Waals surface area contributed by atoms with Gasteiger partial charge >= 0.3 is 0 Å². The van der Waals surface area contributed by atoms with Gasteiger partial charge in [0.15, 0.2) is 5.96 Å². The fourth-order valence-electron chi connectivity index (χ4n) is 2.90. The van der Waals surface area contributed by atoms with Gasteiger partial charge in [0.2, 0.25) is 5.88 Å². The van der Waals surface area contributed by atoms with Crippen LogP contribution in [0.25, 0.3) is 0 Å². The second kappa shape index (κ2) is 11.5. The Morgan fingerprint density at radius 1 is 0.967 bits per heavy atom. The Balaban J connectivity index is 1.60. The molecule has 3 rings (SSSR count). The molecule has 0 atom stereocenters. The minimum Gasteiger partial charge on any atom is -0.496 e. The SMILES string of the molecule is CCNC(=NCc1ccnc(OCc2ccccc2)c1)NCc1ccccc1OC. The normalized spacial score (nSPS) is 11.1. The minimum atomic E-state index is 0.490. The number of guanidine groups is 1. The van der Waals surface area contributed by atoms with Crippen molar-refractivity contribution < 1.29 is 9.47 Å². The molecule has 1 heterocycles. The van der Waals surface area contributed by atoms with Crippen LogP contribution in [0.15, 0.2) is 77.9 Å². The number of benzene rings is 2. The first-order chi connectivity index (χ1) is 14.8. The summed E-state index contributed by atoms with van der Waals surface area (Å²) in [7, 11) is 1.68. The third kappa shape index (κ3) is 6.51. The number of nitrogens with one attached hydrogen (secondary N) is 2. The Kier molecular flexibility index (Phi) is 8.09. The Labute approximate surface area is 178 Å². The summed E-state index contributed by atoms with van der Waals surface area (Å²) in [5.41, 5.74) is 3.21. The molecular weight excluding hydrogens is 376 g/mol. The summed E-state index contributed by atoms with van der Waals surface area (Å²) < 4.78 is 11.2. The van der Waals surface area contributed by atoms with Gasteiger partial charge in [0.25, 0.3) is 0 Å². The van der Waals surface area contributed by atoms with E-state index in [0.29, 0.717) is 25.6 Å². The predicted molar refractivity (Wildman–Crippen MR) is 120 cm³/mol. The van der Waals surface area contributed by atoms with Crippen LogP contribution in [0.3, 0.4) is 0 Å². The number of para-hydroxylation sites is 1. The van der Waals surface area contributed by atoms with E-state index >= 15 is 0 Å². The molecule has 0 fully saturated rings. The number of rotatable bonds is 9. The molecule has 6 nitrogen and oxygen atoms in total. The van der Waals surface area contributed by atoms with Crippen LogP contribution < -0.4 is 20.1 Å². The van der Waals surface area contributed by atoms with Gasteiger partial charge in [-0.05, 0) is 30.2 Å². The zero-order valence-electron chi connectivity index (χ0n) is 17.5. The summed E-state index contributed by atoms with van der Waals surface area (Å²) in [4.78, 5) is 8.98. The molecule has 2 aromatic carbocycles. The first-order valence-corrected chi connectivity index (χ1v) is 10.0. The lowest BCUT2D eigenvalue weighted by atomic mass is 10.2. The third-order valence-corrected chi connectivity index (χ3v) is 4.43. The lowest BCUT2D eigenvalue weighted by molar-refractivity contribution is 0.293. The molecule has 6 heteroatoms. The fraction of sp³-hybridized carbons (Fsp3) is 0.250. The van der Waals surface area contributed by atoms with Crippen LogP contribution >= 0.6 is 0 Å². The Bertz CT molecular complexity index is 945. The van der Waals surface area contributed by atoms with E-state index in [2.05, 4.69) is 20.6 Å². The number of hydrogen-bond donors (Lipinski definition) is 2. The number of hydrogen-bond acceptors (Lipinski definition) is 4. The maximum atomic E-state index is 5.81. The van der Waals surface area contributed by atoms with Crippen molar-refractivity contribution in [3.63, 3.8) is 0 Å². The summed E-state index contributed by atoms with van der Waals surface area (Å²) in [6.45, 7) is 4.45. The Morgan fingerprint density at radius 3 is 2.57 bits per heavy atom. The minimum absolute atomic E-state index is 0.490. The number of pyridine rings is 1. The number of nitrogens with zero attached hydrogens (tertiary/aromatic N) is 2. The molecule has 0 saturated heterocycles. The molecule has 156 valence electrons. The van der Waals surface area contributed by atoms with E-state index in [1.165, 1.54) is 0 Å². The van der Waals surface area contributed by atoms with Crippen LogP contribution in [0.2, 0.25) is 0 Å². The van der Waals surface area contributed by atoms with Gasteiger partial charge in [-0.3, -0.25) is 0 Å². The number of ether oxygens (including phenoxy) is 2. The van der Waals surface area contributed by atoms with E-state index in [0.717, 1.165) is 34.9 Å². The summed E-state index contributed by atoms with van der Waals surface area (Å²) in [5.74, 6) is 2.20. The van der Waals surface area contributed by atoms with Crippen LogP contribution in [0, 0.1) is 0 Å². The smallest absolute Gasteiger partial charge is 0.213 e. The van der Waals surface area contributed by atoms with Crippen molar-refractivity contribution in [3.8, 4) is 11.6 Å². The molecule has 2 N–H and O–H groups in total. The molecule has 0 aliphatic heterocycles. The van der Waals surface area contributed by atoms with Gasteiger partial charge in [-0.2, -0.15) is 0 Å². The average Bonchev–Trinajstić information content (AvgIpc) is 2.80. The zero-order chi connectivity index (χ0) is 21.0. The Hall–Kier alpha value is -3.54. The molecule has 0 aliphatic rings. The molecule has 1 aromatic heterocycles. The summed E-state index contributed by atoms with van der Waals surface area (Å²) in [6.07, 6.45) is 1.75. The lowest BCUT2D eigenvalue weighted by Crippen LogP contribution is -2.36. The van der Waals surface area contributed by atoms with E-state index in [4.69, 9.17) is 9.47 Å². The lowest BCUT2D eigenvalue weighted by Gasteiger charge is -2.13. The molecular formula is C24H28N4O2. The van der Waals surface area contributed by atoms with Crippen LogP contribution in [0.4, 0.5) is 0 Å². The molecule has 0 bridgehead atoms. The highest BCUT2D eigenvalue weighted by atomic mass is 16.5. The van der Waals surface area contributed by atoms with E-state index in [-0.39, 0.29) is 0 Å². The van der Waals surface area contributed by atoms with Gasteiger partial charge in [0.05, 0.1) is 13.7 Å². The van der Waals surface area contributed by atoms with E-state index in [1.807, 2.05) is 73.7 Å². The molecule has 0 radical (unpaired) electrons. The predicted octanol–water partition coefficient (Wildman–Crippen LogP) is 3.92. The molecule has 0 spiro atoms. The van der Waals surface area contributed by atoms with Crippen molar-refractivity contribution in [3.05, 3.63) is 89.6 Å². The molecule has 3 aromatic rings. The number of aromatic nitrogens is 1. The van der Waals surface area contributed by atoms with Crippen molar-refractivity contribution in [1.82, 2.24) is 15.6 Å². The van der Waals surface area contributed by atoms with Gasteiger partial charge in [-0.15, -0.1) is 0 Å². The Morgan fingerprint density at radius 2 is 1.77 bits per heavy atom. The summed E-state index contributed by atoms with van der Waals surface area (Å²) in [6, 6.07) is 21.9. The molecule has 0 unspecified atom stereocenters. The van der Waals surface area contributed by atoms with Crippen molar-refractivity contribution in [2.24, 2.45) is 4.99 Å². The average molecular weight is 405 g/mol. The first-order valence-electron chi connectivity index (χ1n) is 10.0. The van der Waals surface area contributed by atoms with E-state index < -0.39 is 0 Å². The van der Waals surface area contributed by atoms with Gasteiger partial charge < -0.3 is 20.1 Å². The van der Waals surface area contributed by atoms with Crippen molar-refractivity contribution >= 4 is 5.96 Å². The number of methoxy groups -OCH3 is 1. The molecule has 0 amide bonds. The van der Waals surface area contributed by atoms with Crippen molar-refractivity contribution in [2.45, 2.75) is 26.6 Å². The molecule has 0 aliphatic carbocycles. The second-order valence-electron chi connectivity index (χ2n) is 6.64. The summed E-state index contributed by atoms with van der Waals surface area (Å²) >= 11 is 0. The van der Waals surface area contributed by atoms with Crippen LogP contribution in [0.5, 0.6) is 11.6 Å². The maximum absolute atomic E-state index is 5.81. The highest BCUT2D eigenvalue weighted by Gasteiger charge is 2.04. The van der Waals surface area contributed by atoms with Crippen LogP contribution in [-0.4, -0.2) is 24.6 Å². The number of aliphatic imine (C=N–C) groups is 1. The van der Waals surface area contributed by atoms with Crippen molar-refractivity contribution in [2.75, 3.05) is 13.7 Å². The summed E-state index contributed by atoms with van der Waals surface area (Å²) in [5, 5.41) is 6.63. The van der Waals surface area contributed by atoms with Gasteiger partial charge in [0, 0.05) is 30.9 Å². The van der Waals surface area contributed by atoms with Gasteiger partial charge in [-0.25, -0.2) is 9.98 Å². The molecule has 30 heavy (non-hydrogen) atoms. The van der Waals surface area contributed by atoms with E-state index in [9.17, 15) is 0 Å². The largest absolute Gasteiger partial charge is 0.496 e. The first kappa shape index (κ1) is 21.2. The maximum Gasteiger partial charge on any atom is 0.213 e. The zero-order valence-corrected chi connectivity index (χ0v) is 17.5. The van der Waals surface area contributed by atoms with Crippen LogP contribution in [-0.2, 0) is 19.7 Å². The van der Waals surface area contributed by atoms with Crippen molar-refractivity contribution in [1.29, 1.82) is 0 Å². The van der Waals surface area contributed by atoms with E-state index in [1.54, 1.807) is 13.3 Å². The topological polar surface area (TPSA) is 67.8 Å². The molecule has 0 saturated carbocycles. The standard InChI is InChI=1S/C24H28N4O2/c1-3-25-24(28-17-21-11-7-8-12-22(21)29-2)27-16-20-13-14-26-23(15-20)30-18-19-9-5-4-6-10-19/h4-15H,3,16-18H2,1-2H3,(H2,25,27,28). The third-order valence-electron chi connectivity index (χ3n) is 4.43. The monoisotopic (exact) mass is 404 g/mol. The van der Waals surface area contributed by atoms with Gasteiger partial charge in [0.1, 0.15) is 12.4 Å². The van der Waals surface area contributed by atoms with Crippen LogP contribution in [0.1, 0.15) is 23.6 Å². The highest BCUT2D eigenvalue weighted by Crippen LogP contribution is 2.17. The second-order valence-corrected chi connectivity index (χ2v) is 6.64. The fourth-order valence-corrected chi connectivity index (χ4v) is 2.90. The highest BCUT2D eigenvalue weighted by molar-refractivity contribution is 5.79. The van der Waals surface area contributed by atoms with Gasteiger partial charge in [-0.1, -0.05) is 48.5 Å². The quantitative estimate of drug-likeness (QED) is 0.418.